The highest BCUT2D eigenvalue weighted by atomic mass is 16.2. The fourth-order valence-electron chi connectivity index (χ4n) is 2.39. The molecule has 0 saturated carbocycles. The molecule has 2 N–H and O–H groups in total. The van der Waals surface area contributed by atoms with Gasteiger partial charge in [0.15, 0.2) is 0 Å². The lowest BCUT2D eigenvalue weighted by Crippen LogP contribution is -2.38. The van der Waals surface area contributed by atoms with Crippen molar-refractivity contribution in [1.29, 1.82) is 0 Å². The molecule has 4 nitrogen and oxygen atoms in total. The van der Waals surface area contributed by atoms with Gasteiger partial charge in [-0.05, 0) is 36.8 Å². The zero-order valence-electron chi connectivity index (χ0n) is 12.0. The molecule has 1 saturated heterocycles. The van der Waals surface area contributed by atoms with Crippen molar-refractivity contribution in [2.75, 3.05) is 18.8 Å². The summed E-state index contributed by atoms with van der Waals surface area (Å²) in [5, 5.41) is 0. The Labute approximate surface area is 115 Å². The predicted molar refractivity (Wildman–Crippen MR) is 77.0 cm³/mol. The number of hydrogen-bond donors (Lipinski definition) is 1. The van der Waals surface area contributed by atoms with E-state index < -0.39 is 0 Å². The van der Waals surface area contributed by atoms with Gasteiger partial charge in [0.25, 0.3) is 5.91 Å². The van der Waals surface area contributed by atoms with Crippen molar-refractivity contribution in [3.8, 4) is 0 Å². The molecular weight excluding hydrogens is 238 g/mol. The summed E-state index contributed by atoms with van der Waals surface area (Å²) < 4.78 is 0. The van der Waals surface area contributed by atoms with Crippen LogP contribution in [-0.4, -0.2) is 28.9 Å². The summed E-state index contributed by atoms with van der Waals surface area (Å²) >= 11 is 0. The van der Waals surface area contributed by atoms with Crippen LogP contribution in [0.1, 0.15) is 55.6 Å². The van der Waals surface area contributed by atoms with Crippen LogP contribution < -0.4 is 5.73 Å². The van der Waals surface area contributed by atoms with Crippen LogP contribution in [0, 0.1) is 5.92 Å². The number of aromatic nitrogens is 1. The Kier molecular flexibility index (Phi) is 4.08. The summed E-state index contributed by atoms with van der Waals surface area (Å²) in [5.41, 5.74) is 7.36. The number of likely N-dealkylation sites (tertiary alicyclic amines) is 1. The van der Waals surface area contributed by atoms with Crippen molar-refractivity contribution >= 4 is 11.7 Å². The van der Waals surface area contributed by atoms with Gasteiger partial charge in [-0.3, -0.25) is 4.79 Å². The van der Waals surface area contributed by atoms with Gasteiger partial charge in [-0.2, -0.15) is 0 Å². The van der Waals surface area contributed by atoms with Crippen LogP contribution in [0.5, 0.6) is 0 Å². The number of hydrogen-bond acceptors (Lipinski definition) is 3. The molecular formula is C15H23N3O. The normalized spacial score (nSPS) is 16.9. The number of anilines is 1. The van der Waals surface area contributed by atoms with Crippen molar-refractivity contribution in [1.82, 2.24) is 9.88 Å². The molecule has 2 rings (SSSR count). The van der Waals surface area contributed by atoms with Crippen LogP contribution >= 0.6 is 0 Å². The van der Waals surface area contributed by atoms with E-state index in [-0.39, 0.29) is 11.8 Å². The Morgan fingerprint density at radius 2 is 2.00 bits per heavy atom. The van der Waals surface area contributed by atoms with Gasteiger partial charge in [0.1, 0.15) is 5.82 Å². The summed E-state index contributed by atoms with van der Waals surface area (Å²) in [6.07, 6.45) is 2.17. The zero-order valence-corrected chi connectivity index (χ0v) is 12.0. The second-order valence-corrected chi connectivity index (χ2v) is 5.83. The van der Waals surface area contributed by atoms with E-state index >= 15 is 0 Å². The Balaban J connectivity index is 2.19. The Morgan fingerprint density at radius 1 is 1.37 bits per heavy atom. The number of carbonyl (C=O) groups excluding carboxylic acids is 1. The number of pyridine rings is 1. The van der Waals surface area contributed by atoms with Crippen LogP contribution in [0.3, 0.4) is 0 Å². The van der Waals surface area contributed by atoms with E-state index in [2.05, 4.69) is 25.8 Å². The van der Waals surface area contributed by atoms with E-state index in [4.69, 9.17) is 5.73 Å². The number of carbonyl (C=O) groups is 1. The molecule has 2 heterocycles. The van der Waals surface area contributed by atoms with Crippen LogP contribution in [0.4, 0.5) is 5.82 Å². The molecule has 1 aromatic rings. The van der Waals surface area contributed by atoms with Crippen LogP contribution in [0.2, 0.25) is 0 Å². The summed E-state index contributed by atoms with van der Waals surface area (Å²) in [4.78, 5) is 18.7. The van der Waals surface area contributed by atoms with Crippen LogP contribution in [-0.2, 0) is 0 Å². The van der Waals surface area contributed by atoms with Gasteiger partial charge >= 0.3 is 0 Å². The molecule has 0 aromatic carbocycles. The molecule has 0 atom stereocenters. The first-order valence-corrected chi connectivity index (χ1v) is 7.04. The predicted octanol–water partition coefficient (Wildman–Crippen LogP) is 2.66. The van der Waals surface area contributed by atoms with E-state index in [1.165, 1.54) is 0 Å². The maximum atomic E-state index is 12.5. The van der Waals surface area contributed by atoms with Crippen LogP contribution in [0.25, 0.3) is 0 Å². The third kappa shape index (κ3) is 3.25. The Bertz CT molecular complexity index is 462. The third-order valence-electron chi connectivity index (χ3n) is 3.77. The summed E-state index contributed by atoms with van der Waals surface area (Å²) in [6, 6.07) is 3.56. The molecule has 0 spiro atoms. The van der Waals surface area contributed by atoms with E-state index in [0.29, 0.717) is 11.4 Å². The van der Waals surface area contributed by atoms with E-state index in [1.807, 2.05) is 11.0 Å². The molecule has 1 fully saturated rings. The van der Waals surface area contributed by atoms with Gasteiger partial charge in [-0.15, -0.1) is 0 Å². The number of nitrogens with zero attached hydrogens (tertiary/aromatic N) is 2. The minimum Gasteiger partial charge on any atom is -0.384 e. The first-order chi connectivity index (χ1) is 8.97. The quantitative estimate of drug-likeness (QED) is 0.890. The molecule has 0 radical (unpaired) electrons. The fraction of sp³-hybridized carbons (Fsp3) is 0.600. The summed E-state index contributed by atoms with van der Waals surface area (Å²) in [6.45, 7) is 8.04. The molecule has 1 aliphatic heterocycles. The second kappa shape index (κ2) is 5.59. The van der Waals surface area contributed by atoms with Crippen molar-refractivity contribution in [3.63, 3.8) is 0 Å². The maximum Gasteiger partial charge on any atom is 0.254 e. The first kappa shape index (κ1) is 13.8. The van der Waals surface area contributed by atoms with Gasteiger partial charge in [0.2, 0.25) is 0 Å². The number of rotatable bonds is 2. The topological polar surface area (TPSA) is 59.2 Å². The minimum absolute atomic E-state index is 0.0860. The highest BCUT2D eigenvalue weighted by Gasteiger charge is 2.22. The number of nitrogen functional groups attached to an aromatic ring is 1. The third-order valence-corrected chi connectivity index (χ3v) is 3.77. The van der Waals surface area contributed by atoms with Gasteiger partial charge in [-0.1, -0.05) is 20.8 Å². The second-order valence-electron chi connectivity index (χ2n) is 5.83. The lowest BCUT2D eigenvalue weighted by Gasteiger charge is -2.30. The van der Waals surface area contributed by atoms with E-state index in [0.717, 1.165) is 37.5 Å². The molecule has 0 bridgehead atoms. The molecule has 19 heavy (non-hydrogen) atoms. The van der Waals surface area contributed by atoms with Crippen molar-refractivity contribution in [3.05, 3.63) is 23.4 Å². The molecule has 1 aliphatic rings. The van der Waals surface area contributed by atoms with E-state index in [9.17, 15) is 4.79 Å². The highest BCUT2D eigenvalue weighted by Crippen LogP contribution is 2.21. The molecule has 4 heteroatoms. The average molecular weight is 261 g/mol. The zero-order chi connectivity index (χ0) is 14.0. The number of amides is 1. The highest BCUT2D eigenvalue weighted by molar-refractivity contribution is 5.95. The van der Waals surface area contributed by atoms with Crippen LogP contribution in [0.15, 0.2) is 12.1 Å². The molecule has 1 amide bonds. The monoisotopic (exact) mass is 261 g/mol. The molecule has 1 aromatic heterocycles. The Hall–Kier alpha value is -1.58. The lowest BCUT2D eigenvalue weighted by atomic mass is 9.98. The van der Waals surface area contributed by atoms with Crippen molar-refractivity contribution in [2.45, 2.75) is 39.5 Å². The first-order valence-electron chi connectivity index (χ1n) is 7.04. The average Bonchev–Trinajstić information content (AvgIpc) is 2.38. The fourth-order valence-corrected chi connectivity index (χ4v) is 2.39. The van der Waals surface area contributed by atoms with Gasteiger partial charge < -0.3 is 10.6 Å². The standard InChI is InChI=1S/C15H23N3O/c1-10(2)13-8-12(9-14(16)17-13)15(19)18-6-4-11(3)5-7-18/h8-11H,4-7H2,1-3H3,(H2,16,17). The summed E-state index contributed by atoms with van der Waals surface area (Å²) in [5.74, 6) is 1.51. The molecule has 0 unspecified atom stereocenters. The smallest absolute Gasteiger partial charge is 0.254 e. The van der Waals surface area contributed by atoms with Gasteiger partial charge in [0, 0.05) is 24.3 Å². The van der Waals surface area contributed by atoms with Crippen molar-refractivity contribution in [2.24, 2.45) is 5.92 Å². The lowest BCUT2D eigenvalue weighted by molar-refractivity contribution is 0.0697. The Morgan fingerprint density at radius 3 is 2.58 bits per heavy atom. The van der Waals surface area contributed by atoms with Gasteiger partial charge in [-0.25, -0.2) is 4.98 Å². The summed E-state index contributed by atoms with van der Waals surface area (Å²) in [7, 11) is 0. The largest absolute Gasteiger partial charge is 0.384 e. The number of piperidine rings is 1. The van der Waals surface area contributed by atoms with Gasteiger partial charge in [0.05, 0.1) is 0 Å². The maximum absolute atomic E-state index is 12.5. The molecule has 0 aliphatic carbocycles. The molecule has 104 valence electrons. The van der Waals surface area contributed by atoms with E-state index in [1.54, 1.807) is 6.07 Å². The number of nitrogens with two attached hydrogens (primary N) is 1. The van der Waals surface area contributed by atoms with Crippen molar-refractivity contribution < 1.29 is 4.79 Å². The minimum atomic E-state index is 0.0860. The SMILES string of the molecule is CC1CCN(C(=O)c2cc(N)nc(C(C)C)c2)CC1.